The Morgan fingerprint density at radius 1 is 1.47 bits per heavy atom. The van der Waals surface area contributed by atoms with Gasteiger partial charge in [0.05, 0.1) is 6.20 Å². The van der Waals surface area contributed by atoms with Gasteiger partial charge in [0, 0.05) is 11.7 Å². The zero-order chi connectivity index (χ0) is 12.1. The van der Waals surface area contributed by atoms with Crippen LogP contribution in [0, 0.1) is 6.92 Å². The Morgan fingerprint density at radius 2 is 2.24 bits per heavy atom. The Bertz CT molecular complexity index is 370. The third-order valence-corrected chi connectivity index (χ3v) is 2.97. The molecule has 4 nitrogen and oxygen atoms in total. The number of aryl methyl sites for hydroxylation is 1. The summed E-state index contributed by atoms with van der Waals surface area (Å²) in [7, 11) is 0. The number of aromatic nitrogens is 1. The Morgan fingerprint density at radius 3 is 2.88 bits per heavy atom. The summed E-state index contributed by atoms with van der Waals surface area (Å²) in [6, 6.07) is 4.04. The maximum atomic E-state index is 11.6. The molecule has 1 amide bonds. The van der Waals surface area contributed by atoms with Crippen LogP contribution in [0.4, 0.5) is 0 Å². The third kappa shape index (κ3) is 3.73. The van der Waals surface area contributed by atoms with Crippen LogP contribution in [0.15, 0.2) is 18.3 Å². The van der Waals surface area contributed by atoms with Gasteiger partial charge in [-0.2, -0.15) is 0 Å². The van der Waals surface area contributed by atoms with E-state index in [1.807, 2.05) is 19.1 Å². The maximum absolute atomic E-state index is 11.6. The van der Waals surface area contributed by atoms with Crippen molar-refractivity contribution in [2.45, 2.75) is 38.6 Å². The van der Waals surface area contributed by atoms with Crippen LogP contribution in [-0.4, -0.2) is 23.5 Å². The topological polar surface area (TPSA) is 51.2 Å². The number of hydrogen-bond acceptors (Lipinski definition) is 3. The largest absolute Gasteiger partial charge is 0.482 e. The van der Waals surface area contributed by atoms with Gasteiger partial charge in [-0.05, 0) is 31.9 Å². The Labute approximate surface area is 101 Å². The summed E-state index contributed by atoms with van der Waals surface area (Å²) in [4.78, 5) is 15.7. The molecule has 4 heteroatoms. The highest BCUT2D eigenvalue weighted by atomic mass is 16.5. The van der Waals surface area contributed by atoms with Crippen LogP contribution in [0.2, 0.25) is 0 Å². The van der Waals surface area contributed by atoms with E-state index in [1.54, 1.807) is 6.20 Å². The number of pyridine rings is 1. The van der Waals surface area contributed by atoms with E-state index >= 15 is 0 Å². The van der Waals surface area contributed by atoms with Crippen LogP contribution in [0.3, 0.4) is 0 Å². The van der Waals surface area contributed by atoms with Gasteiger partial charge in [-0.3, -0.25) is 9.78 Å². The molecule has 17 heavy (non-hydrogen) atoms. The summed E-state index contributed by atoms with van der Waals surface area (Å²) in [5.74, 6) is 0.592. The molecule has 0 aromatic carbocycles. The van der Waals surface area contributed by atoms with Crippen LogP contribution >= 0.6 is 0 Å². The van der Waals surface area contributed by atoms with Crippen molar-refractivity contribution >= 4 is 5.91 Å². The third-order valence-electron chi connectivity index (χ3n) is 2.97. The highest BCUT2D eigenvalue weighted by molar-refractivity contribution is 5.77. The molecular formula is C13H18N2O2. The second-order valence-electron chi connectivity index (χ2n) is 4.47. The number of ether oxygens (including phenoxy) is 1. The van der Waals surface area contributed by atoms with Gasteiger partial charge in [-0.25, -0.2) is 0 Å². The second kappa shape index (κ2) is 5.66. The average molecular weight is 234 g/mol. The minimum atomic E-state index is -0.0440. The molecule has 1 heterocycles. The summed E-state index contributed by atoms with van der Waals surface area (Å²) in [6.07, 6.45) is 6.26. The fraction of sp³-hybridized carbons (Fsp3) is 0.538. The molecule has 1 N–H and O–H groups in total. The molecule has 0 bridgehead atoms. The molecule has 1 aliphatic rings. The van der Waals surface area contributed by atoms with E-state index in [0.717, 1.165) is 18.5 Å². The van der Waals surface area contributed by atoms with Crippen molar-refractivity contribution in [3.63, 3.8) is 0 Å². The minimum Gasteiger partial charge on any atom is -0.482 e. The SMILES string of the molecule is Cc1ccc(OCC(=O)NC2CCCC2)cn1. The van der Waals surface area contributed by atoms with Crippen LogP contribution in [0.5, 0.6) is 5.75 Å². The van der Waals surface area contributed by atoms with Crippen molar-refractivity contribution < 1.29 is 9.53 Å². The zero-order valence-corrected chi connectivity index (χ0v) is 10.1. The van der Waals surface area contributed by atoms with Crippen LogP contribution in [-0.2, 0) is 4.79 Å². The number of carbonyl (C=O) groups excluding carboxylic acids is 1. The van der Waals surface area contributed by atoms with E-state index in [-0.39, 0.29) is 12.5 Å². The molecule has 0 aliphatic heterocycles. The normalized spacial score (nSPS) is 15.8. The molecule has 1 fully saturated rings. The summed E-state index contributed by atoms with van der Waals surface area (Å²) in [5, 5.41) is 2.98. The summed E-state index contributed by atoms with van der Waals surface area (Å²) in [6.45, 7) is 1.98. The van der Waals surface area contributed by atoms with Crippen molar-refractivity contribution in [3.05, 3.63) is 24.0 Å². The van der Waals surface area contributed by atoms with Crippen LogP contribution < -0.4 is 10.1 Å². The highest BCUT2D eigenvalue weighted by Crippen LogP contribution is 2.17. The first-order valence-corrected chi connectivity index (χ1v) is 6.09. The smallest absolute Gasteiger partial charge is 0.258 e. The molecule has 0 unspecified atom stereocenters. The standard InChI is InChI=1S/C13H18N2O2/c1-10-6-7-12(8-14-10)17-9-13(16)15-11-4-2-3-5-11/h6-8,11H,2-5,9H2,1H3,(H,15,16). The number of hydrogen-bond donors (Lipinski definition) is 1. The Kier molecular flexibility index (Phi) is 3.96. The number of amides is 1. The van der Waals surface area contributed by atoms with E-state index in [4.69, 9.17) is 4.74 Å². The monoisotopic (exact) mass is 234 g/mol. The molecule has 2 rings (SSSR count). The fourth-order valence-electron chi connectivity index (χ4n) is 2.03. The number of rotatable bonds is 4. The Hall–Kier alpha value is -1.58. The van der Waals surface area contributed by atoms with Crippen molar-refractivity contribution in [1.82, 2.24) is 10.3 Å². The summed E-state index contributed by atoms with van der Waals surface area (Å²) >= 11 is 0. The van der Waals surface area contributed by atoms with E-state index in [1.165, 1.54) is 12.8 Å². The first kappa shape index (κ1) is 11.9. The molecule has 0 saturated heterocycles. The number of nitrogens with one attached hydrogen (secondary N) is 1. The molecule has 1 aliphatic carbocycles. The first-order valence-electron chi connectivity index (χ1n) is 6.09. The molecule has 0 radical (unpaired) electrons. The fourth-order valence-corrected chi connectivity index (χ4v) is 2.03. The predicted molar refractivity (Wildman–Crippen MR) is 64.9 cm³/mol. The van der Waals surface area contributed by atoms with Crippen molar-refractivity contribution in [1.29, 1.82) is 0 Å². The predicted octanol–water partition coefficient (Wildman–Crippen LogP) is 1.83. The second-order valence-corrected chi connectivity index (χ2v) is 4.47. The quantitative estimate of drug-likeness (QED) is 0.864. The summed E-state index contributed by atoms with van der Waals surface area (Å²) < 4.78 is 5.36. The van der Waals surface area contributed by atoms with Gasteiger partial charge < -0.3 is 10.1 Å². The molecule has 0 spiro atoms. The first-order chi connectivity index (χ1) is 8.24. The molecule has 92 valence electrons. The van der Waals surface area contributed by atoms with Gasteiger partial charge >= 0.3 is 0 Å². The van der Waals surface area contributed by atoms with Crippen molar-refractivity contribution in [2.75, 3.05) is 6.61 Å². The molecular weight excluding hydrogens is 216 g/mol. The minimum absolute atomic E-state index is 0.0440. The van der Waals surface area contributed by atoms with E-state index in [0.29, 0.717) is 11.8 Å². The van der Waals surface area contributed by atoms with E-state index in [9.17, 15) is 4.79 Å². The number of nitrogens with zero attached hydrogens (tertiary/aromatic N) is 1. The summed E-state index contributed by atoms with van der Waals surface area (Å²) in [5.41, 5.74) is 0.938. The lowest BCUT2D eigenvalue weighted by Gasteiger charge is -2.12. The van der Waals surface area contributed by atoms with Crippen LogP contribution in [0.25, 0.3) is 0 Å². The molecule has 1 aromatic rings. The Balaban J connectivity index is 1.73. The van der Waals surface area contributed by atoms with Crippen LogP contribution in [0.1, 0.15) is 31.4 Å². The van der Waals surface area contributed by atoms with Gasteiger partial charge in [-0.15, -0.1) is 0 Å². The van der Waals surface area contributed by atoms with Gasteiger partial charge in [0.2, 0.25) is 0 Å². The highest BCUT2D eigenvalue weighted by Gasteiger charge is 2.17. The molecule has 1 saturated carbocycles. The number of carbonyl (C=O) groups is 1. The van der Waals surface area contributed by atoms with Crippen molar-refractivity contribution in [3.8, 4) is 5.75 Å². The van der Waals surface area contributed by atoms with Crippen molar-refractivity contribution in [2.24, 2.45) is 0 Å². The molecule has 0 atom stereocenters. The maximum Gasteiger partial charge on any atom is 0.258 e. The molecule has 1 aromatic heterocycles. The van der Waals surface area contributed by atoms with Gasteiger partial charge in [-0.1, -0.05) is 12.8 Å². The lowest BCUT2D eigenvalue weighted by Crippen LogP contribution is -2.36. The van der Waals surface area contributed by atoms with E-state index in [2.05, 4.69) is 10.3 Å². The lowest BCUT2D eigenvalue weighted by atomic mass is 10.2. The van der Waals surface area contributed by atoms with Gasteiger partial charge in [0.1, 0.15) is 5.75 Å². The van der Waals surface area contributed by atoms with Gasteiger partial charge in [0.15, 0.2) is 6.61 Å². The van der Waals surface area contributed by atoms with E-state index < -0.39 is 0 Å². The zero-order valence-electron chi connectivity index (χ0n) is 10.1. The lowest BCUT2D eigenvalue weighted by molar-refractivity contribution is -0.123. The van der Waals surface area contributed by atoms with Gasteiger partial charge in [0.25, 0.3) is 5.91 Å². The average Bonchev–Trinajstić information content (AvgIpc) is 2.81.